The summed E-state index contributed by atoms with van der Waals surface area (Å²) in [7, 11) is 3.32. The number of carbonyl (C=O) groups excluding carboxylic acids is 2. The van der Waals surface area contributed by atoms with Gasteiger partial charge < -0.3 is 10.2 Å². The normalized spacial score (nSPS) is 20.1. The zero-order valence-electron chi connectivity index (χ0n) is 16.4. The summed E-state index contributed by atoms with van der Waals surface area (Å²) in [6, 6.07) is 3.41. The predicted molar refractivity (Wildman–Crippen MR) is 103 cm³/mol. The smallest absolute Gasteiger partial charge is 0.329 e. The Hall–Kier alpha value is -2.64. The summed E-state index contributed by atoms with van der Waals surface area (Å²) in [5.41, 5.74) is 1.04. The SMILES string of the molecule is CC1CC(C)CN(C(=O)CCC(=O)Nc2ccc3c(n2)n(C)c(=O)n3C)C1. The van der Waals surface area contributed by atoms with Gasteiger partial charge in [-0.05, 0) is 30.4 Å². The van der Waals surface area contributed by atoms with Crippen molar-refractivity contribution in [2.75, 3.05) is 18.4 Å². The number of piperidine rings is 1. The second-order valence-electron chi connectivity index (χ2n) is 7.73. The van der Waals surface area contributed by atoms with Crippen molar-refractivity contribution >= 4 is 28.8 Å². The van der Waals surface area contributed by atoms with Gasteiger partial charge in [-0.2, -0.15) is 0 Å². The number of fused-ring (bicyclic) bond motifs is 1. The van der Waals surface area contributed by atoms with Crippen molar-refractivity contribution in [2.45, 2.75) is 33.1 Å². The Morgan fingerprint density at radius 3 is 2.44 bits per heavy atom. The lowest BCUT2D eigenvalue weighted by Gasteiger charge is -2.35. The van der Waals surface area contributed by atoms with Crippen LogP contribution < -0.4 is 11.0 Å². The third kappa shape index (κ3) is 4.04. The Morgan fingerprint density at radius 2 is 1.78 bits per heavy atom. The molecule has 1 N–H and O–H groups in total. The minimum absolute atomic E-state index is 0.0254. The highest BCUT2D eigenvalue weighted by atomic mass is 16.2. The van der Waals surface area contributed by atoms with E-state index in [1.54, 1.807) is 26.2 Å². The summed E-state index contributed by atoms with van der Waals surface area (Å²) >= 11 is 0. The van der Waals surface area contributed by atoms with Crippen molar-refractivity contribution in [3.8, 4) is 0 Å². The van der Waals surface area contributed by atoms with Crippen molar-refractivity contribution in [1.29, 1.82) is 0 Å². The van der Waals surface area contributed by atoms with E-state index in [1.165, 1.54) is 9.13 Å². The number of amides is 2. The molecule has 0 saturated carbocycles. The van der Waals surface area contributed by atoms with Gasteiger partial charge in [-0.15, -0.1) is 0 Å². The lowest BCUT2D eigenvalue weighted by molar-refractivity contribution is -0.135. The Bertz CT molecular complexity index is 919. The summed E-state index contributed by atoms with van der Waals surface area (Å²) < 4.78 is 2.94. The molecule has 2 amide bonds. The molecule has 2 aromatic heterocycles. The Labute approximate surface area is 158 Å². The van der Waals surface area contributed by atoms with E-state index in [2.05, 4.69) is 24.1 Å². The summed E-state index contributed by atoms with van der Waals surface area (Å²) in [4.78, 5) is 42.8. The highest BCUT2D eigenvalue weighted by Gasteiger charge is 2.25. The van der Waals surface area contributed by atoms with E-state index in [-0.39, 0.29) is 30.3 Å². The molecule has 1 aliphatic heterocycles. The molecule has 1 fully saturated rings. The molecule has 0 radical (unpaired) electrons. The maximum absolute atomic E-state index is 12.4. The number of imidazole rings is 1. The fourth-order valence-electron chi connectivity index (χ4n) is 3.89. The van der Waals surface area contributed by atoms with Crippen molar-refractivity contribution in [2.24, 2.45) is 25.9 Å². The quantitative estimate of drug-likeness (QED) is 0.879. The van der Waals surface area contributed by atoms with Crippen LogP contribution in [0.3, 0.4) is 0 Å². The topological polar surface area (TPSA) is 89.2 Å². The maximum Gasteiger partial charge on any atom is 0.329 e. The molecule has 27 heavy (non-hydrogen) atoms. The number of carbonyl (C=O) groups is 2. The van der Waals surface area contributed by atoms with Gasteiger partial charge in [-0.25, -0.2) is 9.78 Å². The van der Waals surface area contributed by atoms with Gasteiger partial charge in [-0.1, -0.05) is 13.8 Å². The van der Waals surface area contributed by atoms with Crippen LogP contribution >= 0.6 is 0 Å². The van der Waals surface area contributed by atoms with Crippen molar-refractivity contribution in [1.82, 2.24) is 19.0 Å². The number of nitrogens with one attached hydrogen (secondary N) is 1. The highest BCUT2D eigenvalue weighted by Crippen LogP contribution is 2.21. The molecule has 146 valence electrons. The number of hydrogen-bond donors (Lipinski definition) is 1. The molecule has 2 aromatic rings. The molecule has 1 saturated heterocycles. The highest BCUT2D eigenvalue weighted by molar-refractivity contribution is 5.93. The number of aromatic nitrogens is 3. The Morgan fingerprint density at radius 1 is 1.11 bits per heavy atom. The third-order valence-corrected chi connectivity index (χ3v) is 5.16. The summed E-state index contributed by atoms with van der Waals surface area (Å²) in [6.45, 7) is 5.85. The lowest BCUT2D eigenvalue weighted by atomic mass is 9.91. The number of aryl methyl sites for hydroxylation is 2. The lowest BCUT2D eigenvalue weighted by Crippen LogP contribution is -2.42. The second-order valence-corrected chi connectivity index (χ2v) is 7.73. The van der Waals surface area contributed by atoms with Crippen LogP contribution in [0.25, 0.3) is 11.2 Å². The van der Waals surface area contributed by atoms with Crippen LogP contribution in [0.1, 0.15) is 33.1 Å². The number of nitrogens with zero attached hydrogens (tertiary/aromatic N) is 4. The Kier molecular flexibility index (Phi) is 5.34. The third-order valence-electron chi connectivity index (χ3n) is 5.16. The summed E-state index contributed by atoms with van der Waals surface area (Å²) in [5, 5.41) is 2.72. The van der Waals surface area contributed by atoms with Gasteiger partial charge in [0.1, 0.15) is 5.82 Å². The van der Waals surface area contributed by atoms with E-state index in [0.717, 1.165) is 19.5 Å². The van der Waals surface area contributed by atoms with Crippen molar-refractivity contribution in [3.63, 3.8) is 0 Å². The number of hydrogen-bond acceptors (Lipinski definition) is 4. The number of anilines is 1. The maximum atomic E-state index is 12.4. The molecule has 2 atom stereocenters. The average Bonchev–Trinajstić information content (AvgIpc) is 2.83. The fourth-order valence-corrected chi connectivity index (χ4v) is 3.89. The van der Waals surface area contributed by atoms with Crippen LogP contribution in [0.4, 0.5) is 5.82 Å². The zero-order chi connectivity index (χ0) is 19.7. The van der Waals surface area contributed by atoms with E-state index in [9.17, 15) is 14.4 Å². The molecule has 1 aliphatic rings. The van der Waals surface area contributed by atoms with Gasteiger partial charge >= 0.3 is 5.69 Å². The minimum Gasteiger partial charge on any atom is -0.342 e. The summed E-state index contributed by atoms with van der Waals surface area (Å²) in [5.74, 6) is 1.15. The molecule has 0 spiro atoms. The van der Waals surface area contributed by atoms with Gasteiger partial charge in [0.05, 0.1) is 5.52 Å². The van der Waals surface area contributed by atoms with E-state index < -0.39 is 0 Å². The molecular formula is C19H27N5O3. The van der Waals surface area contributed by atoms with E-state index in [4.69, 9.17) is 0 Å². The molecule has 0 aromatic carbocycles. The monoisotopic (exact) mass is 373 g/mol. The van der Waals surface area contributed by atoms with E-state index >= 15 is 0 Å². The van der Waals surface area contributed by atoms with Crippen LogP contribution in [0, 0.1) is 11.8 Å². The molecule has 2 unspecified atom stereocenters. The van der Waals surface area contributed by atoms with Crippen LogP contribution in [0.15, 0.2) is 16.9 Å². The first-order valence-corrected chi connectivity index (χ1v) is 9.36. The molecule has 3 rings (SSSR count). The first kappa shape index (κ1) is 19.1. The predicted octanol–water partition coefficient (Wildman–Crippen LogP) is 1.50. The minimum atomic E-state index is -0.255. The van der Waals surface area contributed by atoms with Gasteiger partial charge in [0.15, 0.2) is 5.65 Å². The number of pyridine rings is 1. The Balaban J connectivity index is 1.59. The molecule has 3 heterocycles. The molecular weight excluding hydrogens is 346 g/mol. The molecule has 8 nitrogen and oxygen atoms in total. The molecule has 8 heteroatoms. The van der Waals surface area contributed by atoms with Gasteiger partial charge in [0.25, 0.3) is 0 Å². The van der Waals surface area contributed by atoms with E-state index in [1.807, 2.05) is 4.90 Å². The number of likely N-dealkylation sites (tertiary alicyclic amines) is 1. The van der Waals surface area contributed by atoms with Crippen LogP contribution in [0.2, 0.25) is 0 Å². The van der Waals surface area contributed by atoms with Crippen molar-refractivity contribution in [3.05, 3.63) is 22.6 Å². The van der Waals surface area contributed by atoms with Gasteiger partial charge in [0.2, 0.25) is 11.8 Å². The zero-order valence-corrected chi connectivity index (χ0v) is 16.4. The fraction of sp³-hybridized carbons (Fsp3) is 0.579. The second kappa shape index (κ2) is 7.54. The van der Waals surface area contributed by atoms with Gasteiger partial charge in [0, 0.05) is 40.0 Å². The van der Waals surface area contributed by atoms with Gasteiger partial charge in [-0.3, -0.25) is 18.7 Å². The van der Waals surface area contributed by atoms with E-state index in [0.29, 0.717) is 28.8 Å². The largest absolute Gasteiger partial charge is 0.342 e. The average molecular weight is 373 g/mol. The summed E-state index contributed by atoms with van der Waals surface area (Å²) in [6.07, 6.45) is 1.45. The standard InChI is InChI=1S/C19H27N5O3/c1-12-9-13(2)11-24(10-12)17(26)8-7-16(25)20-15-6-5-14-18(21-15)23(4)19(27)22(14)3/h5-6,12-13H,7-11H2,1-4H3,(H,20,21,25). The molecule has 0 bridgehead atoms. The van der Waals surface area contributed by atoms with Crippen LogP contribution in [0.5, 0.6) is 0 Å². The molecule has 0 aliphatic carbocycles. The van der Waals surface area contributed by atoms with Crippen LogP contribution in [-0.2, 0) is 23.7 Å². The number of rotatable bonds is 4. The van der Waals surface area contributed by atoms with Crippen LogP contribution in [-0.4, -0.2) is 43.9 Å². The first-order chi connectivity index (χ1) is 12.8. The van der Waals surface area contributed by atoms with Crippen molar-refractivity contribution < 1.29 is 9.59 Å². The first-order valence-electron chi connectivity index (χ1n) is 9.36.